The lowest BCUT2D eigenvalue weighted by atomic mass is 10.2. The van der Waals surface area contributed by atoms with Crippen LogP contribution in [0, 0.1) is 0 Å². The number of carbonyl (C=O) groups is 1. The van der Waals surface area contributed by atoms with Gasteiger partial charge in [0.2, 0.25) is 5.91 Å². The monoisotopic (exact) mass is 348 g/mol. The summed E-state index contributed by atoms with van der Waals surface area (Å²) in [6.45, 7) is -0.306. The number of benzene rings is 2. The first-order valence-electron chi connectivity index (χ1n) is 7.11. The molecule has 0 aromatic heterocycles. The van der Waals surface area contributed by atoms with E-state index in [0.29, 0.717) is 17.1 Å². The molecule has 0 fully saturated rings. The van der Waals surface area contributed by atoms with Gasteiger partial charge in [0.05, 0.1) is 25.6 Å². The third-order valence-corrected chi connectivity index (χ3v) is 5.45. The van der Waals surface area contributed by atoms with Gasteiger partial charge in [0.15, 0.2) is 0 Å². The second-order valence-electron chi connectivity index (χ2n) is 5.09. The summed E-state index contributed by atoms with van der Waals surface area (Å²) < 4.78 is 37.7. The minimum absolute atomic E-state index is 0.0612. The summed E-state index contributed by atoms with van der Waals surface area (Å²) in [7, 11) is -1.18. The predicted molar refractivity (Wildman–Crippen MR) is 89.1 cm³/mol. The van der Waals surface area contributed by atoms with Crippen molar-refractivity contribution in [2.24, 2.45) is 0 Å². The molecule has 1 aliphatic rings. The van der Waals surface area contributed by atoms with Crippen molar-refractivity contribution in [3.63, 3.8) is 0 Å². The number of nitrogens with one attached hydrogen (secondary N) is 1. The van der Waals surface area contributed by atoms with Crippen LogP contribution >= 0.6 is 0 Å². The number of para-hydroxylation sites is 2. The second kappa shape index (κ2) is 6.04. The molecule has 0 radical (unpaired) electrons. The molecule has 24 heavy (non-hydrogen) atoms. The number of anilines is 2. The zero-order valence-corrected chi connectivity index (χ0v) is 14.0. The van der Waals surface area contributed by atoms with Crippen molar-refractivity contribution in [1.82, 2.24) is 0 Å². The van der Waals surface area contributed by atoms with Crippen LogP contribution in [0.15, 0.2) is 47.4 Å². The molecule has 3 rings (SSSR count). The van der Waals surface area contributed by atoms with Crippen LogP contribution in [0.4, 0.5) is 11.4 Å². The molecule has 0 aliphatic carbocycles. The minimum Gasteiger partial charge on any atom is -0.497 e. The Bertz CT molecular complexity index is 895. The minimum atomic E-state index is -4.02. The van der Waals surface area contributed by atoms with Gasteiger partial charge >= 0.3 is 0 Å². The quantitative estimate of drug-likeness (QED) is 0.911. The number of nitrogens with zero attached hydrogens (tertiary/aromatic N) is 1. The van der Waals surface area contributed by atoms with Gasteiger partial charge in [-0.15, -0.1) is 0 Å². The highest BCUT2D eigenvalue weighted by Crippen LogP contribution is 2.37. The average molecular weight is 348 g/mol. The molecule has 0 saturated heterocycles. The Balaban J connectivity index is 2.17. The van der Waals surface area contributed by atoms with Crippen molar-refractivity contribution >= 4 is 27.3 Å². The van der Waals surface area contributed by atoms with E-state index in [-0.39, 0.29) is 17.2 Å². The van der Waals surface area contributed by atoms with Crippen molar-refractivity contribution in [1.29, 1.82) is 0 Å². The van der Waals surface area contributed by atoms with Crippen molar-refractivity contribution in [3.05, 3.63) is 42.5 Å². The molecule has 1 amide bonds. The Labute approximate surface area is 139 Å². The third kappa shape index (κ3) is 2.65. The van der Waals surface area contributed by atoms with Gasteiger partial charge in [-0.3, -0.25) is 9.10 Å². The van der Waals surface area contributed by atoms with Crippen LogP contribution in [0.5, 0.6) is 11.5 Å². The predicted octanol–water partition coefficient (Wildman–Crippen LogP) is 1.85. The van der Waals surface area contributed by atoms with E-state index >= 15 is 0 Å². The number of carbonyl (C=O) groups excluding carboxylic acids is 1. The van der Waals surface area contributed by atoms with Crippen LogP contribution in [0.1, 0.15) is 0 Å². The molecule has 0 unspecified atom stereocenters. The zero-order valence-electron chi connectivity index (χ0n) is 13.1. The standard InChI is InChI=1S/C16H16N2O5S/c1-22-11-7-8-14(23-2)15(9-11)24(20,21)18-10-16(19)17-12-5-3-4-6-13(12)18/h3-9H,10H2,1-2H3,(H,17,19). The fourth-order valence-electron chi connectivity index (χ4n) is 2.52. The molecule has 0 atom stereocenters. The molecule has 2 aromatic rings. The molecule has 1 heterocycles. The van der Waals surface area contributed by atoms with E-state index in [4.69, 9.17) is 9.47 Å². The molecule has 1 N–H and O–H groups in total. The van der Waals surface area contributed by atoms with Gasteiger partial charge in [-0.2, -0.15) is 0 Å². The summed E-state index contributed by atoms with van der Waals surface area (Å²) >= 11 is 0. The SMILES string of the molecule is COc1ccc(OC)c(S(=O)(=O)N2CC(=O)Nc3ccccc32)c1. The fraction of sp³-hybridized carbons (Fsp3) is 0.188. The molecule has 126 valence electrons. The van der Waals surface area contributed by atoms with Gasteiger partial charge in [-0.25, -0.2) is 8.42 Å². The number of sulfonamides is 1. The highest BCUT2D eigenvalue weighted by Gasteiger charge is 2.34. The van der Waals surface area contributed by atoms with E-state index < -0.39 is 15.9 Å². The number of ether oxygens (including phenoxy) is 2. The zero-order chi connectivity index (χ0) is 17.3. The van der Waals surface area contributed by atoms with Crippen LogP contribution in [0.2, 0.25) is 0 Å². The smallest absolute Gasteiger partial charge is 0.268 e. The van der Waals surface area contributed by atoms with Crippen LogP contribution < -0.4 is 19.1 Å². The number of amides is 1. The lowest BCUT2D eigenvalue weighted by Gasteiger charge is -2.30. The Morgan fingerprint density at radius 1 is 1.08 bits per heavy atom. The van der Waals surface area contributed by atoms with Crippen molar-refractivity contribution in [3.8, 4) is 11.5 Å². The van der Waals surface area contributed by atoms with Gasteiger partial charge in [0, 0.05) is 6.07 Å². The highest BCUT2D eigenvalue weighted by atomic mass is 32.2. The van der Waals surface area contributed by atoms with E-state index in [1.54, 1.807) is 30.3 Å². The fourth-order valence-corrected chi connectivity index (χ4v) is 4.13. The molecule has 2 aromatic carbocycles. The molecular formula is C16H16N2O5S. The first-order valence-corrected chi connectivity index (χ1v) is 8.55. The summed E-state index contributed by atoms with van der Waals surface area (Å²) in [5.41, 5.74) is 0.848. The summed E-state index contributed by atoms with van der Waals surface area (Å²) in [6.07, 6.45) is 0. The number of fused-ring (bicyclic) bond motifs is 1. The van der Waals surface area contributed by atoms with E-state index in [0.717, 1.165) is 4.31 Å². The van der Waals surface area contributed by atoms with E-state index in [1.807, 2.05) is 0 Å². The van der Waals surface area contributed by atoms with Crippen molar-refractivity contribution in [2.75, 3.05) is 30.4 Å². The van der Waals surface area contributed by atoms with Gasteiger partial charge in [0.25, 0.3) is 10.0 Å². The molecular weight excluding hydrogens is 332 g/mol. The van der Waals surface area contributed by atoms with Gasteiger partial charge in [-0.05, 0) is 24.3 Å². The van der Waals surface area contributed by atoms with E-state index in [2.05, 4.69) is 5.32 Å². The van der Waals surface area contributed by atoms with Gasteiger partial charge in [-0.1, -0.05) is 12.1 Å². The lowest BCUT2D eigenvalue weighted by molar-refractivity contribution is -0.115. The molecule has 0 saturated carbocycles. The molecule has 0 spiro atoms. The third-order valence-electron chi connectivity index (χ3n) is 3.67. The maximum absolute atomic E-state index is 13.2. The van der Waals surface area contributed by atoms with Crippen LogP contribution in [-0.2, 0) is 14.8 Å². The van der Waals surface area contributed by atoms with Crippen molar-refractivity contribution < 1.29 is 22.7 Å². The first kappa shape index (κ1) is 16.1. The summed E-state index contributed by atoms with van der Waals surface area (Å²) in [5, 5.41) is 2.66. The second-order valence-corrected chi connectivity index (χ2v) is 6.92. The van der Waals surface area contributed by atoms with E-state index in [1.165, 1.54) is 26.4 Å². The highest BCUT2D eigenvalue weighted by molar-refractivity contribution is 7.93. The molecule has 1 aliphatic heterocycles. The van der Waals surface area contributed by atoms with E-state index in [9.17, 15) is 13.2 Å². The van der Waals surface area contributed by atoms with Crippen LogP contribution in [-0.4, -0.2) is 35.1 Å². The van der Waals surface area contributed by atoms with Gasteiger partial charge in [0.1, 0.15) is 22.9 Å². The summed E-state index contributed by atoms with van der Waals surface area (Å²) in [4.78, 5) is 11.9. The first-order chi connectivity index (χ1) is 11.5. The number of hydrogen-bond acceptors (Lipinski definition) is 5. The Hall–Kier alpha value is -2.74. The average Bonchev–Trinajstić information content (AvgIpc) is 2.60. The molecule has 0 bridgehead atoms. The largest absolute Gasteiger partial charge is 0.497 e. The topological polar surface area (TPSA) is 84.9 Å². The summed E-state index contributed by atoms with van der Waals surface area (Å²) in [6, 6.07) is 11.2. The number of rotatable bonds is 4. The maximum atomic E-state index is 13.2. The summed E-state index contributed by atoms with van der Waals surface area (Å²) in [5.74, 6) is 0.155. The molecule has 7 nitrogen and oxygen atoms in total. The number of hydrogen-bond donors (Lipinski definition) is 1. The Morgan fingerprint density at radius 3 is 2.54 bits per heavy atom. The van der Waals surface area contributed by atoms with Crippen LogP contribution in [0.25, 0.3) is 0 Å². The lowest BCUT2D eigenvalue weighted by Crippen LogP contribution is -2.42. The maximum Gasteiger partial charge on any atom is 0.268 e. The van der Waals surface area contributed by atoms with Crippen molar-refractivity contribution in [2.45, 2.75) is 4.90 Å². The Kier molecular flexibility index (Phi) is 4.06. The van der Waals surface area contributed by atoms with Gasteiger partial charge < -0.3 is 14.8 Å². The van der Waals surface area contributed by atoms with Crippen LogP contribution in [0.3, 0.4) is 0 Å². The number of methoxy groups -OCH3 is 2. The molecule has 8 heteroatoms. The normalized spacial score (nSPS) is 13.9. The Morgan fingerprint density at radius 2 is 1.83 bits per heavy atom.